The molecule has 2 rings (SSSR count). The van der Waals surface area contributed by atoms with Gasteiger partial charge in [0.25, 0.3) is 5.91 Å². The predicted molar refractivity (Wildman–Crippen MR) is 69.7 cm³/mol. The first-order valence-corrected chi connectivity index (χ1v) is 5.74. The Bertz CT molecular complexity index is 483. The second-order valence-electron chi connectivity index (χ2n) is 3.58. The molecular weight excluding hydrogens is 254 g/mol. The van der Waals surface area contributed by atoms with Crippen molar-refractivity contribution in [2.75, 3.05) is 13.7 Å². The fourth-order valence-electron chi connectivity index (χ4n) is 1.20. The second-order valence-corrected chi connectivity index (χ2v) is 3.98. The average molecular weight is 268 g/mol. The van der Waals surface area contributed by atoms with Crippen LogP contribution in [0.15, 0.2) is 30.4 Å². The minimum atomic E-state index is -0.227. The molecule has 1 aliphatic heterocycles. The Morgan fingerprint density at radius 3 is 2.56 bits per heavy atom. The molecule has 0 fully saturated rings. The average Bonchev–Trinajstić information content (AvgIpc) is 2.83. The molecule has 0 saturated heterocycles. The summed E-state index contributed by atoms with van der Waals surface area (Å²) >= 11 is 5.83. The van der Waals surface area contributed by atoms with Crippen LogP contribution in [0.25, 0.3) is 0 Å². The summed E-state index contributed by atoms with van der Waals surface area (Å²) < 4.78 is 4.40. The van der Waals surface area contributed by atoms with Crippen LogP contribution in [-0.2, 0) is 9.53 Å². The molecule has 0 bridgehead atoms. The van der Waals surface area contributed by atoms with Crippen molar-refractivity contribution in [3.05, 3.63) is 46.5 Å². The summed E-state index contributed by atoms with van der Waals surface area (Å²) in [5, 5.41) is 3.15. The van der Waals surface area contributed by atoms with Gasteiger partial charge in [0.2, 0.25) is 0 Å². The molecule has 1 aromatic carbocycles. The van der Waals surface area contributed by atoms with Gasteiger partial charge in [0.1, 0.15) is 6.61 Å². The van der Waals surface area contributed by atoms with Gasteiger partial charge in [-0.1, -0.05) is 17.7 Å². The van der Waals surface area contributed by atoms with Crippen LogP contribution >= 0.6 is 11.6 Å². The van der Waals surface area contributed by atoms with Crippen molar-refractivity contribution in [2.24, 2.45) is 0 Å². The Hall–Kier alpha value is -1.81. The maximum atomic E-state index is 11.1. The van der Waals surface area contributed by atoms with Crippen LogP contribution in [0.4, 0.5) is 0 Å². The quantitative estimate of drug-likeness (QED) is 0.793. The van der Waals surface area contributed by atoms with Gasteiger partial charge in [-0.2, -0.15) is 0 Å². The first-order valence-electron chi connectivity index (χ1n) is 5.36. The lowest BCUT2D eigenvalue weighted by molar-refractivity contribution is -0.134. The van der Waals surface area contributed by atoms with E-state index in [9.17, 15) is 9.59 Å². The van der Waals surface area contributed by atoms with Gasteiger partial charge in [-0.25, -0.2) is 4.79 Å². The molecule has 0 aromatic heterocycles. The van der Waals surface area contributed by atoms with Crippen LogP contribution in [0, 0.1) is 6.92 Å². The molecule has 96 valence electrons. The van der Waals surface area contributed by atoms with Crippen LogP contribution in [0.3, 0.4) is 0 Å². The fourth-order valence-corrected chi connectivity index (χ4v) is 1.38. The van der Waals surface area contributed by atoms with Crippen LogP contribution in [0.1, 0.15) is 15.9 Å². The van der Waals surface area contributed by atoms with E-state index in [0.29, 0.717) is 17.2 Å². The van der Waals surface area contributed by atoms with Gasteiger partial charge < -0.3 is 10.1 Å². The molecule has 18 heavy (non-hydrogen) atoms. The summed E-state index contributed by atoms with van der Waals surface area (Å²) in [6.07, 6.45) is 3.10. The Kier molecular flexibility index (Phi) is 5.39. The summed E-state index contributed by atoms with van der Waals surface area (Å²) in [5.41, 5.74) is 1.57. The largest absolute Gasteiger partial charge is 0.458 e. The van der Waals surface area contributed by atoms with E-state index in [-0.39, 0.29) is 11.9 Å². The lowest BCUT2D eigenvalue weighted by Crippen LogP contribution is -2.17. The number of halogens is 1. The number of nitrogens with one attached hydrogen (secondary N) is 1. The van der Waals surface area contributed by atoms with Crippen LogP contribution in [0.5, 0.6) is 0 Å². The highest BCUT2D eigenvalue weighted by molar-refractivity contribution is 6.31. The van der Waals surface area contributed by atoms with E-state index in [1.54, 1.807) is 25.3 Å². The first-order chi connectivity index (χ1) is 8.54. The lowest BCUT2D eigenvalue weighted by atomic mass is 10.1. The first kappa shape index (κ1) is 14.3. The number of hydrogen-bond donors (Lipinski definition) is 1. The van der Waals surface area contributed by atoms with E-state index in [2.05, 4.69) is 10.1 Å². The minimum absolute atomic E-state index is 0.114. The molecule has 1 heterocycles. The van der Waals surface area contributed by atoms with E-state index < -0.39 is 0 Å². The third kappa shape index (κ3) is 4.22. The van der Waals surface area contributed by atoms with E-state index in [4.69, 9.17) is 11.6 Å². The highest BCUT2D eigenvalue weighted by Crippen LogP contribution is 2.16. The standard InChI is InChI=1S/C9H10ClNO.C4H4O2/c1-6-3-4-7(5-8(6)10)9(12)11-2;5-4-2-1-3-6-4/h3-5H,1-2H3,(H,11,12);1-2H,3H2. The van der Waals surface area contributed by atoms with Crippen LogP contribution in [-0.4, -0.2) is 25.5 Å². The Labute approximate surface area is 111 Å². The molecule has 0 radical (unpaired) electrons. The molecule has 1 amide bonds. The van der Waals surface area contributed by atoms with Crippen molar-refractivity contribution in [1.29, 1.82) is 0 Å². The Morgan fingerprint density at radius 1 is 1.44 bits per heavy atom. The number of aryl methyl sites for hydroxylation is 1. The molecule has 0 atom stereocenters. The molecule has 5 heteroatoms. The molecule has 1 aromatic rings. The van der Waals surface area contributed by atoms with Gasteiger partial charge in [0, 0.05) is 23.7 Å². The van der Waals surface area contributed by atoms with Gasteiger partial charge in [0.05, 0.1) is 0 Å². The van der Waals surface area contributed by atoms with E-state index >= 15 is 0 Å². The predicted octanol–water partition coefficient (Wildman–Crippen LogP) is 2.11. The van der Waals surface area contributed by atoms with E-state index in [0.717, 1.165) is 5.56 Å². The number of carbonyl (C=O) groups is 2. The molecule has 0 unspecified atom stereocenters. The van der Waals surface area contributed by atoms with Gasteiger partial charge in [-0.05, 0) is 30.7 Å². The topological polar surface area (TPSA) is 55.4 Å². The summed E-state index contributed by atoms with van der Waals surface area (Å²) in [4.78, 5) is 21.0. The number of cyclic esters (lactones) is 1. The number of carbonyl (C=O) groups excluding carboxylic acids is 2. The van der Waals surface area contributed by atoms with Gasteiger partial charge >= 0.3 is 5.97 Å². The van der Waals surface area contributed by atoms with Gasteiger partial charge in [-0.3, -0.25) is 4.79 Å². The second kappa shape index (κ2) is 6.81. The zero-order chi connectivity index (χ0) is 13.5. The SMILES string of the molecule is CNC(=O)c1ccc(C)c(Cl)c1.O=C1C=CCO1. The lowest BCUT2D eigenvalue weighted by Gasteiger charge is -2.01. The number of esters is 1. The van der Waals surface area contributed by atoms with E-state index in [1.807, 2.05) is 13.0 Å². The fraction of sp³-hybridized carbons (Fsp3) is 0.231. The molecular formula is C13H14ClNO3. The summed E-state index contributed by atoms with van der Waals surface area (Å²) in [7, 11) is 1.59. The number of rotatable bonds is 1. The van der Waals surface area contributed by atoms with E-state index in [1.165, 1.54) is 6.08 Å². The molecule has 0 saturated carbocycles. The molecule has 1 aliphatic rings. The molecule has 4 nitrogen and oxygen atoms in total. The van der Waals surface area contributed by atoms with Crippen LogP contribution in [0.2, 0.25) is 5.02 Å². The van der Waals surface area contributed by atoms with Crippen molar-refractivity contribution in [3.63, 3.8) is 0 Å². The highest BCUT2D eigenvalue weighted by atomic mass is 35.5. The number of hydrogen-bond acceptors (Lipinski definition) is 3. The van der Waals surface area contributed by atoms with Crippen molar-refractivity contribution in [3.8, 4) is 0 Å². The van der Waals surface area contributed by atoms with Crippen LogP contribution < -0.4 is 5.32 Å². The normalized spacial score (nSPS) is 12.5. The Balaban J connectivity index is 0.000000225. The van der Waals surface area contributed by atoms with Crippen molar-refractivity contribution >= 4 is 23.5 Å². The summed E-state index contributed by atoms with van der Waals surface area (Å²) in [6.45, 7) is 2.36. The summed E-state index contributed by atoms with van der Waals surface area (Å²) in [5.74, 6) is -0.341. The maximum Gasteiger partial charge on any atom is 0.330 e. The number of ether oxygens (including phenoxy) is 1. The van der Waals surface area contributed by atoms with Gasteiger partial charge in [-0.15, -0.1) is 0 Å². The highest BCUT2D eigenvalue weighted by Gasteiger charge is 2.03. The smallest absolute Gasteiger partial charge is 0.330 e. The summed E-state index contributed by atoms with van der Waals surface area (Å²) in [6, 6.07) is 5.24. The molecule has 1 N–H and O–H groups in total. The molecule has 0 spiro atoms. The zero-order valence-corrected chi connectivity index (χ0v) is 11.0. The van der Waals surface area contributed by atoms with Gasteiger partial charge in [0.15, 0.2) is 0 Å². The van der Waals surface area contributed by atoms with Crippen molar-refractivity contribution < 1.29 is 14.3 Å². The monoisotopic (exact) mass is 267 g/mol. The number of benzene rings is 1. The number of amides is 1. The van der Waals surface area contributed by atoms with Crippen molar-refractivity contribution in [1.82, 2.24) is 5.32 Å². The van der Waals surface area contributed by atoms with Crippen molar-refractivity contribution in [2.45, 2.75) is 6.92 Å². The third-order valence-electron chi connectivity index (χ3n) is 2.24. The minimum Gasteiger partial charge on any atom is -0.458 e. The third-order valence-corrected chi connectivity index (χ3v) is 2.64. The Morgan fingerprint density at radius 2 is 2.17 bits per heavy atom. The zero-order valence-electron chi connectivity index (χ0n) is 10.2. The maximum absolute atomic E-state index is 11.1. The molecule has 0 aliphatic carbocycles.